The molecule has 0 radical (unpaired) electrons. The highest BCUT2D eigenvalue weighted by molar-refractivity contribution is 5.24. The third-order valence-corrected chi connectivity index (χ3v) is 4.16. The first-order valence-electron chi connectivity index (χ1n) is 8.65. The lowest BCUT2D eigenvalue weighted by Gasteiger charge is -2.13. The Hall–Kier alpha value is -1.82. The molecule has 2 rings (SSSR count). The Morgan fingerprint density at radius 2 is 1.55 bits per heavy atom. The molecule has 0 N–H and O–H groups in total. The molecule has 0 saturated heterocycles. The minimum absolute atomic E-state index is 0.573. The molecular formula is C22H28. The summed E-state index contributed by atoms with van der Waals surface area (Å²) < 4.78 is 0. The molecule has 0 aromatic heterocycles. The quantitative estimate of drug-likeness (QED) is 0.363. The molecule has 0 amide bonds. The monoisotopic (exact) mass is 292 g/mol. The second-order valence-electron chi connectivity index (χ2n) is 5.97. The molecule has 116 valence electrons. The minimum atomic E-state index is 0.573. The van der Waals surface area contributed by atoms with Crippen molar-refractivity contribution in [1.82, 2.24) is 0 Å². The normalized spacial score (nSPS) is 12.6. The molecular weight excluding hydrogens is 264 g/mol. The number of benzene rings is 2. The van der Waals surface area contributed by atoms with E-state index in [1.165, 1.54) is 36.8 Å². The van der Waals surface area contributed by atoms with E-state index in [0.29, 0.717) is 5.92 Å². The van der Waals surface area contributed by atoms with Gasteiger partial charge in [-0.3, -0.25) is 0 Å². The van der Waals surface area contributed by atoms with Crippen LogP contribution in [0.25, 0.3) is 0 Å². The van der Waals surface area contributed by atoms with Crippen molar-refractivity contribution in [3.05, 3.63) is 83.9 Å². The summed E-state index contributed by atoms with van der Waals surface area (Å²) in [4.78, 5) is 0. The topological polar surface area (TPSA) is 0 Å². The minimum Gasteiger partial charge on any atom is -0.0876 e. The number of aryl methyl sites for hydroxylation is 1. The zero-order valence-corrected chi connectivity index (χ0v) is 13.7. The van der Waals surface area contributed by atoms with Crippen molar-refractivity contribution < 1.29 is 0 Å². The van der Waals surface area contributed by atoms with E-state index in [0.717, 1.165) is 12.8 Å². The van der Waals surface area contributed by atoms with Gasteiger partial charge in [0.1, 0.15) is 0 Å². The van der Waals surface area contributed by atoms with Crippen LogP contribution in [0.1, 0.15) is 56.1 Å². The number of hydrogen-bond acceptors (Lipinski definition) is 0. The highest BCUT2D eigenvalue weighted by Crippen LogP contribution is 2.24. The van der Waals surface area contributed by atoms with Crippen LogP contribution in [0.2, 0.25) is 0 Å². The summed E-state index contributed by atoms with van der Waals surface area (Å²) in [6, 6.07) is 21.7. The van der Waals surface area contributed by atoms with Gasteiger partial charge in [-0.05, 0) is 30.4 Å². The van der Waals surface area contributed by atoms with Crippen molar-refractivity contribution >= 4 is 0 Å². The van der Waals surface area contributed by atoms with E-state index >= 15 is 0 Å². The summed E-state index contributed by atoms with van der Waals surface area (Å²) in [6.07, 6.45) is 12.3. The first-order chi connectivity index (χ1) is 10.9. The van der Waals surface area contributed by atoms with Crippen molar-refractivity contribution in [1.29, 1.82) is 0 Å². The van der Waals surface area contributed by atoms with Crippen molar-refractivity contribution in [2.24, 2.45) is 0 Å². The standard InChI is InChI=1S/C22H28/c1-2-3-6-16-21(22-17-9-5-10-18-22)19-12-11-15-20-13-7-4-8-14-20/h4-5,7-10,12-14,17-19,21H,2-3,6,11,15-16H2,1H3. The van der Waals surface area contributed by atoms with E-state index in [4.69, 9.17) is 0 Å². The van der Waals surface area contributed by atoms with Gasteiger partial charge >= 0.3 is 0 Å². The second-order valence-corrected chi connectivity index (χ2v) is 5.97. The van der Waals surface area contributed by atoms with Crippen LogP contribution in [0.5, 0.6) is 0 Å². The van der Waals surface area contributed by atoms with Crippen molar-refractivity contribution in [2.75, 3.05) is 0 Å². The molecule has 0 aliphatic carbocycles. The van der Waals surface area contributed by atoms with E-state index in [9.17, 15) is 0 Å². The Morgan fingerprint density at radius 3 is 2.23 bits per heavy atom. The average molecular weight is 292 g/mol. The highest BCUT2D eigenvalue weighted by Gasteiger charge is 2.06. The maximum Gasteiger partial charge on any atom is 0.00179 e. The molecule has 2 aromatic rings. The van der Waals surface area contributed by atoms with Gasteiger partial charge in [-0.2, -0.15) is 0 Å². The highest BCUT2D eigenvalue weighted by atomic mass is 14.1. The summed E-state index contributed by atoms with van der Waals surface area (Å²) in [5, 5.41) is 0. The molecule has 1 atom stereocenters. The Labute approximate surface area is 135 Å². The summed E-state index contributed by atoms with van der Waals surface area (Å²) in [7, 11) is 0. The predicted octanol–water partition coefficient (Wildman–Crippen LogP) is 6.54. The maximum absolute atomic E-state index is 2.42. The average Bonchev–Trinajstić information content (AvgIpc) is 2.59. The molecule has 0 aliphatic rings. The number of rotatable bonds is 9. The van der Waals surface area contributed by atoms with Gasteiger partial charge < -0.3 is 0 Å². The van der Waals surface area contributed by atoms with Crippen molar-refractivity contribution in [3.63, 3.8) is 0 Å². The molecule has 0 fully saturated rings. The summed E-state index contributed by atoms with van der Waals surface area (Å²) in [5.41, 5.74) is 2.88. The predicted molar refractivity (Wildman–Crippen MR) is 97.2 cm³/mol. The van der Waals surface area contributed by atoms with Crippen LogP contribution in [-0.2, 0) is 6.42 Å². The van der Waals surface area contributed by atoms with Gasteiger partial charge in [0.15, 0.2) is 0 Å². The Kier molecular flexibility index (Phi) is 7.52. The first kappa shape index (κ1) is 16.5. The van der Waals surface area contributed by atoms with Crippen LogP contribution in [-0.4, -0.2) is 0 Å². The molecule has 0 nitrogen and oxygen atoms in total. The summed E-state index contributed by atoms with van der Waals surface area (Å²) in [6.45, 7) is 2.27. The molecule has 1 unspecified atom stereocenters. The smallest absolute Gasteiger partial charge is 0.00179 e. The van der Waals surface area contributed by atoms with Gasteiger partial charge in [-0.15, -0.1) is 0 Å². The fourth-order valence-electron chi connectivity index (χ4n) is 2.84. The molecule has 0 saturated carbocycles. The fourth-order valence-corrected chi connectivity index (χ4v) is 2.84. The van der Waals surface area contributed by atoms with E-state index < -0.39 is 0 Å². The van der Waals surface area contributed by atoms with E-state index in [2.05, 4.69) is 79.7 Å². The van der Waals surface area contributed by atoms with E-state index in [1.54, 1.807) is 0 Å². The lowest BCUT2D eigenvalue weighted by molar-refractivity contribution is 0.627. The maximum atomic E-state index is 2.42. The van der Waals surface area contributed by atoms with Crippen LogP contribution < -0.4 is 0 Å². The fraction of sp³-hybridized carbons (Fsp3) is 0.364. The van der Waals surface area contributed by atoms with Crippen LogP contribution >= 0.6 is 0 Å². The Bertz CT molecular complexity index is 524. The molecule has 2 aromatic carbocycles. The molecule has 0 heterocycles. The Morgan fingerprint density at radius 1 is 0.864 bits per heavy atom. The lowest BCUT2D eigenvalue weighted by Crippen LogP contribution is -1.95. The van der Waals surface area contributed by atoms with E-state index in [-0.39, 0.29) is 0 Å². The third-order valence-electron chi connectivity index (χ3n) is 4.16. The molecule has 0 aliphatic heterocycles. The SMILES string of the molecule is CCCCCC(C=CCCc1ccccc1)c1ccccc1. The van der Waals surface area contributed by atoms with E-state index in [1.807, 2.05) is 0 Å². The number of allylic oxidation sites excluding steroid dienone is 2. The first-order valence-corrected chi connectivity index (χ1v) is 8.65. The third kappa shape index (κ3) is 5.89. The second kappa shape index (κ2) is 10.00. The molecule has 22 heavy (non-hydrogen) atoms. The van der Waals surface area contributed by atoms with Gasteiger partial charge in [0.2, 0.25) is 0 Å². The molecule has 0 spiro atoms. The zero-order chi connectivity index (χ0) is 15.5. The van der Waals surface area contributed by atoms with Crippen LogP contribution in [0.4, 0.5) is 0 Å². The van der Waals surface area contributed by atoms with Gasteiger partial charge in [0.25, 0.3) is 0 Å². The zero-order valence-electron chi connectivity index (χ0n) is 13.7. The summed E-state index contributed by atoms with van der Waals surface area (Å²) >= 11 is 0. The van der Waals surface area contributed by atoms with Crippen LogP contribution in [0.15, 0.2) is 72.8 Å². The molecule has 0 bridgehead atoms. The van der Waals surface area contributed by atoms with Gasteiger partial charge in [-0.25, -0.2) is 0 Å². The van der Waals surface area contributed by atoms with Crippen LogP contribution in [0.3, 0.4) is 0 Å². The number of hydrogen-bond donors (Lipinski definition) is 0. The summed E-state index contributed by atoms with van der Waals surface area (Å²) in [5.74, 6) is 0.573. The largest absolute Gasteiger partial charge is 0.0876 e. The van der Waals surface area contributed by atoms with Gasteiger partial charge in [0, 0.05) is 5.92 Å². The van der Waals surface area contributed by atoms with Gasteiger partial charge in [-0.1, -0.05) is 99.0 Å². The lowest BCUT2D eigenvalue weighted by atomic mass is 9.92. The van der Waals surface area contributed by atoms with Crippen molar-refractivity contribution in [2.45, 2.75) is 51.4 Å². The van der Waals surface area contributed by atoms with Crippen LogP contribution in [0, 0.1) is 0 Å². The van der Waals surface area contributed by atoms with Crippen molar-refractivity contribution in [3.8, 4) is 0 Å². The van der Waals surface area contributed by atoms with Gasteiger partial charge in [0.05, 0.1) is 0 Å². The number of unbranched alkanes of at least 4 members (excludes halogenated alkanes) is 2. The Balaban J connectivity index is 1.89. The molecule has 0 heteroatoms.